The van der Waals surface area contributed by atoms with Gasteiger partial charge in [-0.3, -0.25) is 9.69 Å². The first kappa shape index (κ1) is 14.6. The normalized spacial score (nSPS) is 19.8. The summed E-state index contributed by atoms with van der Waals surface area (Å²) in [6.07, 6.45) is 0. The second-order valence-corrected chi connectivity index (χ2v) is 6.04. The van der Waals surface area contributed by atoms with Crippen molar-refractivity contribution in [3.63, 3.8) is 0 Å². The van der Waals surface area contributed by atoms with E-state index in [2.05, 4.69) is 9.88 Å². The number of hydrogen-bond donors (Lipinski definition) is 0. The van der Waals surface area contributed by atoms with Crippen molar-refractivity contribution in [2.75, 3.05) is 20.1 Å². The first-order valence-corrected chi connectivity index (χ1v) is 6.89. The van der Waals surface area contributed by atoms with Crippen LogP contribution in [-0.4, -0.2) is 46.4 Å². The largest absolute Gasteiger partial charge is 0.343 e. The van der Waals surface area contributed by atoms with Gasteiger partial charge in [0.2, 0.25) is 5.91 Å². The molecule has 0 unspecified atom stereocenters. The highest BCUT2D eigenvalue weighted by molar-refractivity contribution is 6.32. The number of piperazine rings is 1. The topological polar surface area (TPSA) is 36.4 Å². The van der Waals surface area contributed by atoms with E-state index < -0.39 is 5.54 Å². The summed E-state index contributed by atoms with van der Waals surface area (Å²) in [6, 6.07) is 3.57. The minimum atomic E-state index is -0.532. The molecule has 0 spiro atoms. The van der Waals surface area contributed by atoms with E-state index in [1.54, 1.807) is 11.0 Å². The number of halogens is 2. The Balaban J connectivity index is 2.21. The standard InChI is InChI=1S/C13H17Cl2N3O/c1-13(2)12(19)17(3)6-7-18(13)8-9-4-5-10(14)16-11(9)15/h4-5H,6-8H2,1-3H3. The van der Waals surface area contributed by atoms with Crippen LogP contribution in [0.3, 0.4) is 0 Å². The Morgan fingerprint density at radius 3 is 2.63 bits per heavy atom. The highest BCUT2D eigenvalue weighted by Crippen LogP contribution is 2.26. The number of aromatic nitrogens is 1. The van der Waals surface area contributed by atoms with Crippen molar-refractivity contribution in [3.8, 4) is 0 Å². The second-order valence-electron chi connectivity index (χ2n) is 5.29. The lowest BCUT2D eigenvalue weighted by atomic mass is 9.97. The van der Waals surface area contributed by atoms with Gasteiger partial charge in [0.1, 0.15) is 10.3 Å². The molecule has 1 aliphatic rings. The van der Waals surface area contributed by atoms with Crippen LogP contribution >= 0.6 is 23.2 Å². The maximum Gasteiger partial charge on any atom is 0.242 e. The Labute approximate surface area is 123 Å². The molecule has 0 bridgehead atoms. The van der Waals surface area contributed by atoms with E-state index >= 15 is 0 Å². The second kappa shape index (κ2) is 5.27. The summed E-state index contributed by atoms with van der Waals surface area (Å²) < 4.78 is 0. The van der Waals surface area contributed by atoms with E-state index in [0.717, 1.165) is 18.7 Å². The first-order chi connectivity index (χ1) is 8.82. The van der Waals surface area contributed by atoms with Crippen molar-refractivity contribution < 1.29 is 4.79 Å². The van der Waals surface area contributed by atoms with Crippen molar-refractivity contribution >= 4 is 29.1 Å². The van der Waals surface area contributed by atoms with Crippen LogP contribution in [-0.2, 0) is 11.3 Å². The van der Waals surface area contributed by atoms with Crippen molar-refractivity contribution in [3.05, 3.63) is 28.0 Å². The van der Waals surface area contributed by atoms with Crippen LogP contribution in [0.1, 0.15) is 19.4 Å². The van der Waals surface area contributed by atoms with Gasteiger partial charge in [-0.15, -0.1) is 0 Å². The van der Waals surface area contributed by atoms with Crippen LogP contribution in [0.4, 0.5) is 0 Å². The van der Waals surface area contributed by atoms with E-state index in [1.165, 1.54) is 0 Å². The fourth-order valence-corrected chi connectivity index (χ4v) is 2.70. The average Bonchev–Trinajstić information content (AvgIpc) is 2.33. The molecule has 1 fully saturated rings. The zero-order valence-corrected chi connectivity index (χ0v) is 12.8. The summed E-state index contributed by atoms with van der Waals surface area (Å²) in [6.45, 7) is 6.00. The van der Waals surface area contributed by atoms with Gasteiger partial charge in [0, 0.05) is 32.2 Å². The van der Waals surface area contributed by atoms with Gasteiger partial charge in [-0.05, 0) is 19.9 Å². The van der Waals surface area contributed by atoms with E-state index in [-0.39, 0.29) is 5.91 Å². The van der Waals surface area contributed by atoms with E-state index in [9.17, 15) is 4.79 Å². The minimum absolute atomic E-state index is 0.122. The highest BCUT2D eigenvalue weighted by atomic mass is 35.5. The number of nitrogens with zero attached hydrogens (tertiary/aromatic N) is 3. The van der Waals surface area contributed by atoms with Gasteiger partial charge in [0.25, 0.3) is 0 Å². The number of rotatable bonds is 2. The molecule has 1 aromatic heterocycles. The number of carbonyl (C=O) groups is 1. The van der Waals surface area contributed by atoms with Crippen molar-refractivity contribution in [1.82, 2.24) is 14.8 Å². The molecule has 4 nitrogen and oxygen atoms in total. The zero-order valence-electron chi connectivity index (χ0n) is 11.3. The number of carbonyl (C=O) groups excluding carboxylic acids is 1. The molecule has 1 amide bonds. The van der Waals surface area contributed by atoms with Crippen molar-refractivity contribution in [1.29, 1.82) is 0 Å². The van der Waals surface area contributed by atoms with Crippen molar-refractivity contribution in [2.24, 2.45) is 0 Å². The predicted octanol–water partition coefficient (Wildman–Crippen LogP) is 2.44. The molecule has 0 N–H and O–H groups in total. The molecule has 1 aliphatic heterocycles. The van der Waals surface area contributed by atoms with E-state index in [1.807, 2.05) is 27.0 Å². The van der Waals surface area contributed by atoms with Gasteiger partial charge in [-0.1, -0.05) is 29.3 Å². The molecule has 2 heterocycles. The SMILES string of the molecule is CN1CCN(Cc2ccc(Cl)nc2Cl)C(C)(C)C1=O. The Morgan fingerprint density at radius 1 is 1.32 bits per heavy atom. The van der Waals surface area contributed by atoms with Crippen LogP contribution < -0.4 is 0 Å². The smallest absolute Gasteiger partial charge is 0.242 e. The maximum atomic E-state index is 12.2. The molecule has 0 aromatic carbocycles. The monoisotopic (exact) mass is 301 g/mol. The van der Waals surface area contributed by atoms with Crippen LogP contribution in [0.25, 0.3) is 0 Å². The molecule has 0 radical (unpaired) electrons. The van der Waals surface area contributed by atoms with Gasteiger partial charge < -0.3 is 4.90 Å². The molecule has 0 atom stereocenters. The lowest BCUT2D eigenvalue weighted by Gasteiger charge is -2.44. The Bertz CT molecular complexity index is 505. The molecule has 104 valence electrons. The minimum Gasteiger partial charge on any atom is -0.343 e. The fraction of sp³-hybridized carbons (Fsp3) is 0.538. The third-order valence-corrected chi connectivity index (χ3v) is 4.16. The summed E-state index contributed by atoms with van der Waals surface area (Å²) >= 11 is 11.9. The molecule has 1 saturated heterocycles. The third kappa shape index (κ3) is 2.86. The number of hydrogen-bond acceptors (Lipinski definition) is 3. The number of amides is 1. The Kier molecular flexibility index (Phi) is 4.04. The summed E-state index contributed by atoms with van der Waals surface area (Å²) in [4.78, 5) is 20.1. The number of pyridine rings is 1. The van der Waals surface area contributed by atoms with E-state index in [0.29, 0.717) is 16.9 Å². The van der Waals surface area contributed by atoms with Gasteiger partial charge >= 0.3 is 0 Å². The summed E-state index contributed by atoms with van der Waals surface area (Å²) in [5.41, 5.74) is 0.354. The third-order valence-electron chi connectivity index (χ3n) is 3.62. The van der Waals surface area contributed by atoms with Gasteiger partial charge in [0.15, 0.2) is 0 Å². The van der Waals surface area contributed by atoms with E-state index in [4.69, 9.17) is 23.2 Å². The summed E-state index contributed by atoms with van der Waals surface area (Å²) in [7, 11) is 1.83. The molecular formula is C13H17Cl2N3O. The van der Waals surface area contributed by atoms with Crippen LogP contribution in [0, 0.1) is 0 Å². The molecule has 0 saturated carbocycles. The van der Waals surface area contributed by atoms with Crippen LogP contribution in [0.5, 0.6) is 0 Å². The molecular weight excluding hydrogens is 285 g/mol. The zero-order chi connectivity index (χ0) is 14.2. The van der Waals surface area contributed by atoms with Crippen LogP contribution in [0.2, 0.25) is 10.3 Å². The lowest BCUT2D eigenvalue weighted by Crippen LogP contribution is -2.61. The van der Waals surface area contributed by atoms with Gasteiger partial charge in [0.05, 0.1) is 5.54 Å². The Morgan fingerprint density at radius 2 is 2.00 bits per heavy atom. The first-order valence-electron chi connectivity index (χ1n) is 6.14. The highest BCUT2D eigenvalue weighted by Gasteiger charge is 2.40. The summed E-state index contributed by atoms with van der Waals surface area (Å²) in [5, 5.41) is 0.775. The molecule has 1 aromatic rings. The molecule has 2 rings (SSSR count). The average molecular weight is 302 g/mol. The van der Waals surface area contributed by atoms with Gasteiger partial charge in [-0.2, -0.15) is 0 Å². The quantitative estimate of drug-likeness (QED) is 0.787. The fourth-order valence-electron chi connectivity index (χ4n) is 2.30. The van der Waals surface area contributed by atoms with Crippen LogP contribution in [0.15, 0.2) is 12.1 Å². The van der Waals surface area contributed by atoms with Gasteiger partial charge in [-0.25, -0.2) is 4.98 Å². The molecule has 19 heavy (non-hydrogen) atoms. The molecule has 6 heteroatoms. The summed E-state index contributed by atoms with van der Waals surface area (Å²) in [5.74, 6) is 0.122. The maximum absolute atomic E-state index is 12.2. The lowest BCUT2D eigenvalue weighted by molar-refractivity contribution is -0.147. The van der Waals surface area contributed by atoms with Crippen molar-refractivity contribution in [2.45, 2.75) is 25.9 Å². The number of likely N-dealkylation sites (N-methyl/N-ethyl adjacent to an activating group) is 1. The molecule has 0 aliphatic carbocycles. The Hall–Kier alpha value is -0.840. The predicted molar refractivity (Wildman–Crippen MR) is 76.4 cm³/mol.